The quantitative estimate of drug-likeness (QED) is 0.326. The summed E-state index contributed by atoms with van der Waals surface area (Å²) < 4.78 is 5.38. The van der Waals surface area contributed by atoms with E-state index in [2.05, 4.69) is 71.5 Å². The number of benzene rings is 2. The summed E-state index contributed by atoms with van der Waals surface area (Å²) in [6, 6.07) is 16.4. The van der Waals surface area contributed by atoms with E-state index in [0.29, 0.717) is 50.1 Å². The van der Waals surface area contributed by atoms with Gasteiger partial charge in [0.25, 0.3) is 11.8 Å². The van der Waals surface area contributed by atoms with Crippen molar-refractivity contribution in [1.29, 1.82) is 0 Å². The maximum atomic E-state index is 13.8. The molecule has 236 valence electrons. The molecule has 1 saturated heterocycles. The number of nitrogens with one attached hydrogen (secondary N) is 1. The molecule has 2 aromatic carbocycles. The number of hydrogen-bond donors (Lipinski definition) is 1. The van der Waals surface area contributed by atoms with Crippen molar-refractivity contribution in [1.82, 2.24) is 14.8 Å². The smallest absolute Gasteiger partial charge is 0.258 e. The van der Waals surface area contributed by atoms with Gasteiger partial charge in [-0.05, 0) is 103 Å². The van der Waals surface area contributed by atoms with Gasteiger partial charge in [0, 0.05) is 49.8 Å². The van der Waals surface area contributed by atoms with Crippen molar-refractivity contribution < 1.29 is 14.3 Å². The summed E-state index contributed by atoms with van der Waals surface area (Å²) >= 11 is 0. The first-order valence-corrected chi connectivity index (χ1v) is 16.4. The summed E-state index contributed by atoms with van der Waals surface area (Å²) in [5.74, 6) is 2.26. The molecule has 4 aliphatic rings. The standard InChI is InChI=1S/C38H41N5O3/c1-4-6-31-22-30(23-36(41(31)3)40-35-14-12-29(24-39-35)37(44)42-17-19-46-20-18-42)32-7-5-8-34(25(32)2)43-16-15-28-21-27(26-9-10-26)11-13-33(28)38(43)45/h5-8,11-14,21-24,26H,4,9-10,15-20H2,1-3H3,(H,39,40). The van der Waals surface area contributed by atoms with Crippen LogP contribution in [0.2, 0.25) is 0 Å². The Morgan fingerprint density at radius 3 is 2.61 bits per heavy atom. The highest BCUT2D eigenvalue weighted by Crippen LogP contribution is 2.41. The van der Waals surface area contributed by atoms with Gasteiger partial charge in [-0.15, -0.1) is 0 Å². The van der Waals surface area contributed by atoms with Gasteiger partial charge in [0.15, 0.2) is 0 Å². The van der Waals surface area contributed by atoms with Crippen molar-refractivity contribution in [2.45, 2.75) is 45.4 Å². The van der Waals surface area contributed by atoms with Crippen molar-refractivity contribution in [3.8, 4) is 0 Å². The summed E-state index contributed by atoms with van der Waals surface area (Å²) in [6.45, 7) is 7.23. The molecular formula is C38H41N5O3. The van der Waals surface area contributed by atoms with Crippen LogP contribution in [0.3, 0.4) is 0 Å². The SMILES string of the molecule is CCC=C1C=C(c2cccc(N3CCc4cc(C5CC5)ccc4C3=O)c2C)C=C(Nc2ccc(C(=O)N3CCOCC3)cn2)N1C. The van der Waals surface area contributed by atoms with Crippen LogP contribution in [0.4, 0.5) is 11.5 Å². The second-order valence-electron chi connectivity index (χ2n) is 12.5. The first-order chi connectivity index (χ1) is 22.4. The topological polar surface area (TPSA) is 78.0 Å². The Hall–Kier alpha value is -4.69. The van der Waals surface area contributed by atoms with Crippen molar-refractivity contribution in [3.05, 3.63) is 118 Å². The highest BCUT2D eigenvalue weighted by Gasteiger charge is 2.30. The number of amides is 2. The fourth-order valence-electron chi connectivity index (χ4n) is 6.67. The van der Waals surface area contributed by atoms with Crippen LogP contribution in [0.5, 0.6) is 0 Å². The van der Waals surface area contributed by atoms with Crippen molar-refractivity contribution in [3.63, 3.8) is 0 Å². The Morgan fingerprint density at radius 1 is 1.04 bits per heavy atom. The molecule has 8 nitrogen and oxygen atoms in total. The highest BCUT2D eigenvalue weighted by atomic mass is 16.5. The van der Waals surface area contributed by atoms with Crippen LogP contribution >= 0.6 is 0 Å². The Bertz CT molecular complexity index is 1760. The summed E-state index contributed by atoms with van der Waals surface area (Å²) in [5, 5.41) is 3.48. The molecule has 0 bridgehead atoms. The minimum Gasteiger partial charge on any atom is -0.378 e. The molecule has 8 heteroatoms. The van der Waals surface area contributed by atoms with Crippen molar-refractivity contribution in [2.24, 2.45) is 0 Å². The van der Waals surface area contributed by atoms with Crippen LogP contribution in [0.1, 0.15) is 75.1 Å². The predicted octanol–water partition coefficient (Wildman–Crippen LogP) is 6.52. The number of likely N-dealkylation sites (N-methyl/N-ethyl adjacent to an activating group) is 1. The first kappa shape index (κ1) is 30.0. The van der Waals surface area contributed by atoms with Crippen LogP contribution in [0.15, 0.2) is 84.5 Å². The third-order valence-electron chi connectivity index (χ3n) is 9.49. The average Bonchev–Trinajstić information content (AvgIpc) is 3.94. The Kier molecular flexibility index (Phi) is 8.21. The molecule has 1 saturated carbocycles. The molecule has 2 fully saturated rings. The number of anilines is 2. The monoisotopic (exact) mass is 615 g/mol. The predicted molar refractivity (Wildman–Crippen MR) is 182 cm³/mol. The molecule has 0 unspecified atom stereocenters. The summed E-state index contributed by atoms with van der Waals surface area (Å²) in [5.41, 5.74) is 9.17. The van der Waals surface area contributed by atoms with Gasteiger partial charge in [0.1, 0.15) is 11.6 Å². The fraction of sp³-hybridized carbons (Fsp3) is 0.342. The van der Waals surface area contributed by atoms with Gasteiger partial charge in [0.2, 0.25) is 0 Å². The molecular weight excluding hydrogens is 574 g/mol. The van der Waals surface area contributed by atoms with Crippen LogP contribution < -0.4 is 10.2 Å². The van der Waals surface area contributed by atoms with E-state index >= 15 is 0 Å². The molecule has 7 rings (SSSR count). The zero-order valence-corrected chi connectivity index (χ0v) is 26.9. The van der Waals surface area contributed by atoms with E-state index in [4.69, 9.17) is 4.74 Å². The third-order valence-corrected chi connectivity index (χ3v) is 9.49. The van der Waals surface area contributed by atoms with Gasteiger partial charge in [-0.3, -0.25) is 9.59 Å². The number of carbonyl (C=O) groups is 2. The molecule has 0 atom stereocenters. The lowest BCUT2D eigenvalue weighted by Gasteiger charge is -2.32. The van der Waals surface area contributed by atoms with Crippen molar-refractivity contribution >= 4 is 28.9 Å². The maximum Gasteiger partial charge on any atom is 0.258 e. The molecule has 4 heterocycles. The number of nitrogens with zero attached hydrogens (tertiary/aromatic N) is 4. The number of hydrogen-bond acceptors (Lipinski definition) is 6. The number of morpholine rings is 1. The minimum atomic E-state index is -0.0243. The second kappa shape index (κ2) is 12.6. The van der Waals surface area contributed by atoms with Gasteiger partial charge < -0.3 is 24.8 Å². The summed E-state index contributed by atoms with van der Waals surface area (Å²) in [4.78, 5) is 37.2. The molecule has 0 radical (unpaired) electrons. The van der Waals surface area contributed by atoms with Gasteiger partial charge >= 0.3 is 0 Å². The number of carbonyl (C=O) groups excluding carboxylic acids is 2. The lowest BCUT2D eigenvalue weighted by Crippen LogP contribution is -2.40. The molecule has 1 N–H and O–H groups in total. The molecule has 1 aromatic heterocycles. The molecule has 1 aliphatic carbocycles. The molecule has 0 spiro atoms. The van der Waals surface area contributed by atoms with Crippen LogP contribution in [-0.4, -0.2) is 66.5 Å². The third kappa shape index (κ3) is 5.85. The van der Waals surface area contributed by atoms with E-state index in [1.54, 1.807) is 6.20 Å². The minimum absolute atomic E-state index is 0.0243. The van der Waals surface area contributed by atoms with Gasteiger partial charge in [-0.25, -0.2) is 4.98 Å². The van der Waals surface area contributed by atoms with Gasteiger partial charge in [0.05, 0.1) is 18.8 Å². The van der Waals surface area contributed by atoms with Crippen LogP contribution in [0, 0.1) is 6.92 Å². The molecule has 46 heavy (non-hydrogen) atoms. The van der Waals surface area contributed by atoms with E-state index in [1.165, 1.54) is 24.0 Å². The van der Waals surface area contributed by atoms with E-state index in [9.17, 15) is 9.59 Å². The number of allylic oxidation sites excluding steroid dienone is 4. The highest BCUT2D eigenvalue weighted by molar-refractivity contribution is 6.09. The largest absolute Gasteiger partial charge is 0.378 e. The summed E-state index contributed by atoms with van der Waals surface area (Å²) in [6.07, 6.45) is 12.4. The maximum absolute atomic E-state index is 13.8. The average molecular weight is 616 g/mol. The number of pyridine rings is 1. The lowest BCUT2D eigenvalue weighted by atomic mass is 9.92. The van der Waals surface area contributed by atoms with E-state index in [-0.39, 0.29) is 11.8 Å². The van der Waals surface area contributed by atoms with Crippen LogP contribution in [-0.2, 0) is 11.2 Å². The Labute approximate surface area is 271 Å². The molecule has 2 amide bonds. The lowest BCUT2D eigenvalue weighted by molar-refractivity contribution is 0.0302. The van der Waals surface area contributed by atoms with Gasteiger partial charge in [-0.2, -0.15) is 0 Å². The second-order valence-corrected chi connectivity index (χ2v) is 12.5. The number of ether oxygens (including phenoxy) is 1. The number of rotatable bonds is 7. The van der Waals surface area contributed by atoms with E-state index in [1.807, 2.05) is 41.1 Å². The fourth-order valence-corrected chi connectivity index (χ4v) is 6.67. The molecule has 3 aliphatic heterocycles. The van der Waals surface area contributed by atoms with Crippen molar-refractivity contribution in [2.75, 3.05) is 50.1 Å². The normalized spacial score (nSPS) is 19.2. The number of aromatic nitrogens is 1. The Morgan fingerprint density at radius 2 is 1.87 bits per heavy atom. The van der Waals surface area contributed by atoms with Crippen LogP contribution in [0.25, 0.3) is 5.57 Å². The van der Waals surface area contributed by atoms with E-state index < -0.39 is 0 Å². The zero-order chi connectivity index (χ0) is 31.8. The summed E-state index contributed by atoms with van der Waals surface area (Å²) in [7, 11) is 2.03. The first-order valence-electron chi connectivity index (χ1n) is 16.4. The van der Waals surface area contributed by atoms with E-state index in [0.717, 1.165) is 52.3 Å². The number of fused-ring (bicyclic) bond motifs is 1. The molecule has 3 aromatic rings. The van der Waals surface area contributed by atoms with Gasteiger partial charge in [-0.1, -0.05) is 37.3 Å². The zero-order valence-electron chi connectivity index (χ0n) is 26.9. The Balaban J connectivity index is 1.15.